The Morgan fingerprint density at radius 3 is 2.41 bits per heavy atom. The van der Waals surface area contributed by atoms with Crippen molar-refractivity contribution in [2.45, 2.75) is 6.54 Å². The molecule has 0 radical (unpaired) electrons. The number of aromatic nitrogens is 1. The van der Waals surface area contributed by atoms with Gasteiger partial charge >= 0.3 is 0 Å². The van der Waals surface area contributed by atoms with Gasteiger partial charge in [0.15, 0.2) is 0 Å². The van der Waals surface area contributed by atoms with Crippen LogP contribution in [-0.4, -0.2) is 10.5 Å². The molecule has 1 heterocycles. The topological polar surface area (TPSA) is 48.0 Å². The van der Waals surface area contributed by atoms with Gasteiger partial charge in [-0.3, -0.25) is 4.79 Å². The molecule has 0 aliphatic carbocycles. The van der Waals surface area contributed by atoms with Gasteiger partial charge in [0.25, 0.3) is 0 Å². The molecule has 0 unspecified atom stereocenters. The molecule has 5 aromatic rings. The summed E-state index contributed by atoms with van der Waals surface area (Å²) in [5, 5.41) is 2.82. The average Bonchev–Trinajstić information content (AvgIpc) is 3.08. The Morgan fingerprint density at radius 1 is 0.906 bits per heavy atom. The van der Waals surface area contributed by atoms with Crippen molar-refractivity contribution in [2.24, 2.45) is 5.73 Å². The summed E-state index contributed by atoms with van der Waals surface area (Å²) in [6.45, 7) is 0.500. The fourth-order valence-corrected chi connectivity index (χ4v) is 4.70. The molecule has 0 fully saturated rings. The predicted molar refractivity (Wildman–Crippen MR) is 129 cm³/mol. The highest BCUT2D eigenvalue weighted by Gasteiger charge is 2.18. The number of amides is 1. The minimum Gasteiger partial charge on any atom is -0.366 e. The van der Waals surface area contributed by atoms with Gasteiger partial charge in [0.05, 0.1) is 11.0 Å². The summed E-state index contributed by atoms with van der Waals surface area (Å²) >= 11 is 12.5. The first-order valence-corrected chi connectivity index (χ1v) is 10.7. The largest absolute Gasteiger partial charge is 0.366 e. The van der Waals surface area contributed by atoms with Gasteiger partial charge in [-0.1, -0.05) is 59.6 Å². The summed E-state index contributed by atoms with van der Waals surface area (Å²) in [7, 11) is 0. The van der Waals surface area contributed by atoms with E-state index in [1.807, 2.05) is 36.4 Å². The standard InChI is InChI=1S/C26H17Cl2FN2O/c27-17-7-11-19(22(28)13-17)16-6-10-20-24(12-16)31(14-15-4-8-18(29)9-5-15)23-3-1-2-21(25(20)23)26(30)32/h1-13H,14H2,(H2,30,32). The smallest absolute Gasteiger partial charge is 0.249 e. The Hall–Kier alpha value is -3.34. The first kappa shape index (κ1) is 20.6. The lowest BCUT2D eigenvalue weighted by molar-refractivity contribution is 0.100. The van der Waals surface area contributed by atoms with Crippen LogP contribution in [0.4, 0.5) is 4.39 Å². The minimum absolute atomic E-state index is 0.286. The van der Waals surface area contributed by atoms with Crippen molar-refractivity contribution in [3.05, 3.63) is 106 Å². The Kier molecular flexibility index (Phi) is 5.12. The third-order valence-electron chi connectivity index (χ3n) is 5.65. The lowest BCUT2D eigenvalue weighted by Gasteiger charge is -2.10. The molecule has 32 heavy (non-hydrogen) atoms. The van der Waals surface area contributed by atoms with E-state index in [0.717, 1.165) is 38.5 Å². The lowest BCUT2D eigenvalue weighted by Crippen LogP contribution is -2.11. The molecular weight excluding hydrogens is 446 g/mol. The maximum Gasteiger partial charge on any atom is 0.249 e. The number of benzene rings is 4. The second-order valence-electron chi connectivity index (χ2n) is 7.63. The van der Waals surface area contributed by atoms with Crippen LogP contribution in [0.5, 0.6) is 0 Å². The first-order chi connectivity index (χ1) is 15.4. The molecule has 3 nitrogen and oxygen atoms in total. The molecule has 158 valence electrons. The molecule has 0 saturated heterocycles. The van der Waals surface area contributed by atoms with Crippen molar-refractivity contribution in [2.75, 3.05) is 0 Å². The molecule has 5 rings (SSSR count). The molecular formula is C26H17Cl2FN2O. The van der Waals surface area contributed by atoms with Crippen LogP contribution in [0.15, 0.2) is 78.9 Å². The van der Waals surface area contributed by atoms with E-state index in [0.29, 0.717) is 22.2 Å². The van der Waals surface area contributed by atoms with Gasteiger partial charge in [-0.25, -0.2) is 4.39 Å². The van der Waals surface area contributed by atoms with E-state index >= 15 is 0 Å². The summed E-state index contributed by atoms with van der Waals surface area (Å²) in [6.07, 6.45) is 0. The Morgan fingerprint density at radius 2 is 1.69 bits per heavy atom. The molecule has 0 atom stereocenters. The average molecular weight is 463 g/mol. The van der Waals surface area contributed by atoms with Gasteiger partial charge < -0.3 is 10.3 Å². The van der Waals surface area contributed by atoms with E-state index in [2.05, 4.69) is 4.57 Å². The van der Waals surface area contributed by atoms with E-state index in [1.54, 1.807) is 30.3 Å². The van der Waals surface area contributed by atoms with E-state index in [4.69, 9.17) is 28.9 Å². The van der Waals surface area contributed by atoms with E-state index in [-0.39, 0.29) is 5.82 Å². The molecule has 1 amide bonds. The normalized spacial score (nSPS) is 11.3. The van der Waals surface area contributed by atoms with Crippen LogP contribution < -0.4 is 5.73 Å². The van der Waals surface area contributed by atoms with Gasteiger partial charge in [-0.15, -0.1) is 0 Å². The number of carbonyl (C=O) groups excluding carboxylic acids is 1. The second kappa shape index (κ2) is 7.97. The summed E-state index contributed by atoms with van der Waals surface area (Å²) < 4.78 is 15.5. The van der Waals surface area contributed by atoms with E-state index in [1.165, 1.54) is 12.1 Å². The van der Waals surface area contributed by atoms with Crippen LogP contribution in [0.25, 0.3) is 32.9 Å². The molecule has 0 spiro atoms. The van der Waals surface area contributed by atoms with Crippen LogP contribution in [-0.2, 0) is 6.54 Å². The fourth-order valence-electron chi connectivity index (χ4n) is 4.18. The molecule has 0 saturated carbocycles. The fraction of sp³-hybridized carbons (Fsp3) is 0.0385. The molecule has 2 N–H and O–H groups in total. The number of hydrogen-bond donors (Lipinski definition) is 1. The van der Waals surface area contributed by atoms with Crippen molar-refractivity contribution in [3.8, 4) is 11.1 Å². The van der Waals surface area contributed by atoms with Crippen molar-refractivity contribution in [3.63, 3.8) is 0 Å². The molecule has 0 aliphatic heterocycles. The van der Waals surface area contributed by atoms with Gasteiger partial charge in [-0.05, 0) is 53.6 Å². The lowest BCUT2D eigenvalue weighted by atomic mass is 10.0. The number of halogens is 3. The highest BCUT2D eigenvalue weighted by Crippen LogP contribution is 2.37. The maximum atomic E-state index is 13.4. The number of carbonyl (C=O) groups is 1. The zero-order chi connectivity index (χ0) is 22.4. The van der Waals surface area contributed by atoms with Crippen LogP contribution in [0.2, 0.25) is 10.0 Å². The van der Waals surface area contributed by atoms with Crippen molar-refractivity contribution >= 4 is 50.9 Å². The minimum atomic E-state index is -0.485. The summed E-state index contributed by atoms with van der Waals surface area (Å²) in [5.74, 6) is -0.770. The highest BCUT2D eigenvalue weighted by atomic mass is 35.5. The zero-order valence-electron chi connectivity index (χ0n) is 16.8. The number of nitrogens with zero attached hydrogens (tertiary/aromatic N) is 1. The van der Waals surface area contributed by atoms with E-state index < -0.39 is 5.91 Å². The summed E-state index contributed by atoms with van der Waals surface area (Å²) in [6, 6.07) is 23.3. The third-order valence-corrected chi connectivity index (χ3v) is 6.20. The second-order valence-corrected chi connectivity index (χ2v) is 8.48. The monoisotopic (exact) mass is 462 g/mol. The Bertz CT molecular complexity index is 1510. The number of fused-ring (bicyclic) bond motifs is 3. The third kappa shape index (κ3) is 3.52. The number of nitrogens with two attached hydrogens (primary N) is 1. The summed E-state index contributed by atoms with van der Waals surface area (Å²) in [5.41, 5.74) is 10.6. The van der Waals surface area contributed by atoms with Crippen LogP contribution in [0.1, 0.15) is 15.9 Å². The Labute approximate surface area is 193 Å². The summed E-state index contributed by atoms with van der Waals surface area (Å²) in [4.78, 5) is 12.2. The van der Waals surface area contributed by atoms with Gasteiger partial charge in [-0.2, -0.15) is 0 Å². The molecule has 0 aliphatic rings. The first-order valence-electron chi connectivity index (χ1n) is 9.97. The zero-order valence-corrected chi connectivity index (χ0v) is 18.3. The SMILES string of the molecule is NC(=O)c1cccc2c1c1ccc(-c3ccc(Cl)cc3Cl)cc1n2Cc1ccc(F)cc1. The van der Waals surface area contributed by atoms with Crippen LogP contribution >= 0.6 is 23.2 Å². The molecule has 0 bridgehead atoms. The van der Waals surface area contributed by atoms with Gasteiger partial charge in [0.2, 0.25) is 5.91 Å². The predicted octanol–water partition coefficient (Wildman–Crippen LogP) is 7.05. The number of primary amides is 1. The number of rotatable bonds is 4. The number of hydrogen-bond acceptors (Lipinski definition) is 1. The van der Waals surface area contributed by atoms with E-state index in [9.17, 15) is 9.18 Å². The molecule has 1 aromatic heterocycles. The maximum absolute atomic E-state index is 13.4. The van der Waals surface area contributed by atoms with Crippen molar-refractivity contribution in [1.82, 2.24) is 4.57 Å². The quantitative estimate of drug-likeness (QED) is 0.305. The van der Waals surface area contributed by atoms with Crippen LogP contribution in [0, 0.1) is 5.82 Å². The van der Waals surface area contributed by atoms with Gasteiger partial charge in [0.1, 0.15) is 5.82 Å². The van der Waals surface area contributed by atoms with Crippen LogP contribution in [0.3, 0.4) is 0 Å². The van der Waals surface area contributed by atoms with Gasteiger partial charge in [0, 0.05) is 38.5 Å². The highest BCUT2D eigenvalue weighted by molar-refractivity contribution is 6.36. The van der Waals surface area contributed by atoms with Crippen molar-refractivity contribution < 1.29 is 9.18 Å². The molecule has 6 heteroatoms. The van der Waals surface area contributed by atoms with Crippen molar-refractivity contribution in [1.29, 1.82) is 0 Å². The molecule has 4 aromatic carbocycles. The Balaban J connectivity index is 1.80.